The van der Waals surface area contributed by atoms with Crippen LogP contribution in [0.2, 0.25) is 0 Å². The van der Waals surface area contributed by atoms with Gasteiger partial charge in [-0.25, -0.2) is 9.37 Å². The van der Waals surface area contributed by atoms with Gasteiger partial charge in [-0.2, -0.15) is 0 Å². The zero-order valence-corrected chi connectivity index (χ0v) is 12.2. The number of hydrogen-bond donors (Lipinski definition) is 0. The molecule has 2 aromatic rings. The van der Waals surface area contributed by atoms with Crippen molar-refractivity contribution >= 4 is 17.2 Å². The number of morpholine rings is 1. The van der Waals surface area contributed by atoms with E-state index in [1.54, 1.807) is 11.0 Å². The number of nitrogens with zero attached hydrogens (tertiary/aromatic N) is 2. The van der Waals surface area contributed by atoms with E-state index in [9.17, 15) is 9.18 Å². The first-order valence-electron chi connectivity index (χ1n) is 6.78. The van der Waals surface area contributed by atoms with Crippen LogP contribution in [0.3, 0.4) is 0 Å². The van der Waals surface area contributed by atoms with Gasteiger partial charge in [-0.05, 0) is 12.1 Å². The van der Waals surface area contributed by atoms with Crippen LogP contribution in [0, 0.1) is 5.82 Å². The van der Waals surface area contributed by atoms with Crippen LogP contribution in [-0.2, 0) is 16.0 Å². The van der Waals surface area contributed by atoms with Crippen LogP contribution in [0.15, 0.2) is 29.6 Å². The molecule has 1 amide bonds. The average Bonchev–Trinajstić information content (AvgIpc) is 2.97. The Kier molecular flexibility index (Phi) is 4.26. The molecule has 1 aromatic carbocycles. The summed E-state index contributed by atoms with van der Waals surface area (Å²) in [6.45, 7) is 2.47. The fourth-order valence-corrected chi connectivity index (χ4v) is 3.04. The standard InChI is InChI=1S/C15H15FN2O2S/c16-12-3-1-2-11(8-12)15-17-13(10-21-15)9-14(19)18-4-6-20-7-5-18/h1-3,8,10H,4-7,9H2. The molecule has 1 fully saturated rings. The topological polar surface area (TPSA) is 42.4 Å². The second-order valence-electron chi connectivity index (χ2n) is 4.82. The Bertz CT molecular complexity index is 638. The van der Waals surface area contributed by atoms with Gasteiger partial charge in [-0.3, -0.25) is 4.79 Å². The molecule has 21 heavy (non-hydrogen) atoms. The van der Waals surface area contributed by atoms with E-state index < -0.39 is 0 Å². The molecule has 6 heteroatoms. The second kappa shape index (κ2) is 6.32. The maximum Gasteiger partial charge on any atom is 0.228 e. The number of hydrogen-bond acceptors (Lipinski definition) is 4. The van der Waals surface area contributed by atoms with Gasteiger partial charge in [0, 0.05) is 24.0 Å². The van der Waals surface area contributed by atoms with E-state index in [1.807, 2.05) is 11.4 Å². The summed E-state index contributed by atoms with van der Waals surface area (Å²) in [5.74, 6) is -0.219. The number of ether oxygens (including phenoxy) is 1. The Labute approximate surface area is 126 Å². The molecule has 110 valence electrons. The monoisotopic (exact) mass is 306 g/mol. The van der Waals surface area contributed by atoms with E-state index in [1.165, 1.54) is 23.5 Å². The maximum absolute atomic E-state index is 13.2. The zero-order chi connectivity index (χ0) is 14.7. The minimum atomic E-state index is -0.284. The number of aromatic nitrogens is 1. The first kappa shape index (κ1) is 14.2. The van der Waals surface area contributed by atoms with Gasteiger partial charge in [0.1, 0.15) is 10.8 Å². The van der Waals surface area contributed by atoms with Crippen LogP contribution in [0.5, 0.6) is 0 Å². The van der Waals surface area contributed by atoms with E-state index in [4.69, 9.17) is 4.74 Å². The van der Waals surface area contributed by atoms with Gasteiger partial charge in [0.2, 0.25) is 5.91 Å². The molecule has 0 N–H and O–H groups in total. The Morgan fingerprint density at radius 1 is 1.38 bits per heavy atom. The first-order valence-corrected chi connectivity index (χ1v) is 7.66. The highest BCUT2D eigenvalue weighted by molar-refractivity contribution is 7.13. The van der Waals surface area contributed by atoms with Crippen molar-refractivity contribution in [1.82, 2.24) is 9.88 Å². The molecule has 1 aromatic heterocycles. The summed E-state index contributed by atoms with van der Waals surface area (Å²) in [7, 11) is 0. The summed E-state index contributed by atoms with van der Waals surface area (Å²) in [5.41, 5.74) is 1.47. The number of carbonyl (C=O) groups excluding carboxylic acids is 1. The molecule has 2 heterocycles. The van der Waals surface area contributed by atoms with Gasteiger partial charge in [0.15, 0.2) is 0 Å². The van der Waals surface area contributed by atoms with Gasteiger partial charge in [0.25, 0.3) is 0 Å². The lowest BCUT2D eigenvalue weighted by molar-refractivity contribution is -0.134. The summed E-state index contributed by atoms with van der Waals surface area (Å²) in [5, 5.41) is 2.60. The molecule has 0 unspecified atom stereocenters. The quantitative estimate of drug-likeness (QED) is 0.874. The summed E-state index contributed by atoms with van der Waals surface area (Å²) in [6.07, 6.45) is 0.284. The van der Waals surface area contributed by atoms with Crippen molar-refractivity contribution in [3.8, 4) is 10.6 Å². The van der Waals surface area contributed by atoms with Crippen LogP contribution in [-0.4, -0.2) is 42.1 Å². The molecule has 1 aliphatic heterocycles. The molecule has 0 radical (unpaired) electrons. The number of rotatable bonds is 3. The molecule has 0 bridgehead atoms. The molecular weight excluding hydrogens is 291 g/mol. The lowest BCUT2D eigenvalue weighted by Gasteiger charge is -2.26. The predicted octanol–water partition coefficient (Wildman–Crippen LogP) is 2.35. The molecule has 0 atom stereocenters. The summed E-state index contributed by atoms with van der Waals surface area (Å²) in [6, 6.07) is 6.33. The highest BCUT2D eigenvalue weighted by Crippen LogP contribution is 2.24. The average molecular weight is 306 g/mol. The number of thiazole rings is 1. The second-order valence-corrected chi connectivity index (χ2v) is 5.68. The largest absolute Gasteiger partial charge is 0.378 e. The molecular formula is C15H15FN2O2S. The van der Waals surface area contributed by atoms with Crippen LogP contribution < -0.4 is 0 Å². The van der Waals surface area contributed by atoms with Gasteiger partial charge in [-0.1, -0.05) is 12.1 Å². The summed E-state index contributed by atoms with van der Waals surface area (Å²) >= 11 is 1.43. The minimum absolute atomic E-state index is 0.0643. The van der Waals surface area contributed by atoms with Gasteiger partial charge in [-0.15, -0.1) is 11.3 Å². The van der Waals surface area contributed by atoms with E-state index in [2.05, 4.69) is 4.98 Å². The van der Waals surface area contributed by atoms with Crippen molar-refractivity contribution in [3.05, 3.63) is 41.2 Å². The van der Waals surface area contributed by atoms with Crippen molar-refractivity contribution in [2.45, 2.75) is 6.42 Å². The summed E-state index contributed by atoms with van der Waals surface area (Å²) < 4.78 is 18.4. The normalized spacial score (nSPS) is 15.2. The zero-order valence-electron chi connectivity index (χ0n) is 11.4. The SMILES string of the molecule is O=C(Cc1csc(-c2cccc(F)c2)n1)N1CCOCC1. The number of amides is 1. The third-order valence-corrected chi connectivity index (χ3v) is 4.26. The number of halogens is 1. The van der Waals surface area contributed by atoms with Crippen molar-refractivity contribution in [2.75, 3.05) is 26.3 Å². The molecule has 4 nitrogen and oxygen atoms in total. The molecule has 0 spiro atoms. The van der Waals surface area contributed by atoms with Crippen LogP contribution in [0.25, 0.3) is 10.6 Å². The Hall–Kier alpha value is -1.79. The molecule has 1 saturated heterocycles. The highest BCUT2D eigenvalue weighted by atomic mass is 32.1. The highest BCUT2D eigenvalue weighted by Gasteiger charge is 2.18. The third-order valence-electron chi connectivity index (χ3n) is 3.32. The smallest absolute Gasteiger partial charge is 0.228 e. The first-order chi connectivity index (χ1) is 10.2. The predicted molar refractivity (Wildman–Crippen MR) is 78.6 cm³/mol. The van der Waals surface area contributed by atoms with Crippen molar-refractivity contribution in [2.24, 2.45) is 0 Å². The van der Waals surface area contributed by atoms with E-state index >= 15 is 0 Å². The molecule has 0 aliphatic carbocycles. The fourth-order valence-electron chi connectivity index (χ4n) is 2.22. The lowest BCUT2D eigenvalue weighted by Crippen LogP contribution is -2.41. The van der Waals surface area contributed by atoms with Gasteiger partial charge >= 0.3 is 0 Å². The Balaban J connectivity index is 1.69. The molecule has 1 aliphatic rings. The van der Waals surface area contributed by atoms with E-state index in [0.29, 0.717) is 26.3 Å². The lowest BCUT2D eigenvalue weighted by atomic mass is 10.2. The Morgan fingerprint density at radius 3 is 2.95 bits per heavy atom. The van der Waals surface area contributed by atoms with Crippen LogP contribution in [0.4, 0.5) is 4.39 Å². The molecule has 0 saturated carbocycles. The maximum atomic E-state index is 13.2. The van der Waals surface area contributed by atoms with Crippen LogP contribution in [0.1, 0.15) is 5.69 Å². The Morgan fingerprint density at radius 2 is 2.19 bits per heavy atom. The van der Waals surface area contributed by atoms with Crippen molar-refractivity contribution < 1.29 is 13.9 Å². The van der Waals surface area contributed by atoms with Crippen molar-refractivity contribution in [1.29, 1.82) is 0 Å². The van der Waals surface area contributed by atoms with Crippen molar-refractivity contribution in [3.63, 3.8) is 0 Å². The minimum Gasteiger partial charge on any atom is -0.378 e. The summed E-state index contributed by atoms with van der Waals surface area (Å²) in [4.78, 5) is 18.4. The number of carbonyl (C=O) groups is 1. The van der Waals surface area contributed by atoms with Gasteiger partial charge < -0.3 is 9.64 Å². The van der Waals surface area contributed by atoms with Crippen LogP contribution >= 0.6 is 11.3 Å². The fraction of sp³-hybridized carbons (Fsp3) is 0.333. The van der Waals surface area contributed by atoms with Gasteiger partial charge in [0.05, 0.1) is 25.3 Å². The van der Waals surface area contributed by atoms with E-state index in [0.717, 1.165) is 16.3 Å². The van der Waals surface area contributed by atoms with E-state index in [-0.39, 0.29) is 18.1 Å². The third kappa shape index (κ3) is 3.46. The molecule has 3 rings (SSSR count). The number of benzene rings is 1.